The number of morpholine rings is 1. The van der Waals surface area contributed by atoms with Gasteiger partial charge in [-0.3, -0.25) is 19.5 Å². The summed E-state index contributed by atoms with van der Waals surface area (Å²) in [5.74, 6) is 1.73. The lowest BCUT2D eigenvalue weighted by atomic mass is 10.1. The van der Waals surface area contributed by atoms with Gasteiger partial charge >= 0.3 is 0 Å². The van der Waals surface area contributed by atoms with E-state index in [4.69, 9.17) is 18.6 Å². The molecule has 1 aliphatic heterocycles. The number of pyridine rings is 1. The average Bonchev–Trinajstić information content (AvgIpc) is 3.53. The molecule has 9 nitrogen and oxygen atoms in total. The predicted molar refractivity (Wildman–Crippen MR) is 165 cm³/mol. The Bertz CT molecular complexity index is 1620. The summed E-state index contributed by atoms with van der Waals surface area (Å²) >= 11 is 0. The maximum absolute atomic E-state index is 13.4. The van der Waals surface area contributed by atoms with Crippen LogP contribution in [0.1, 0.15) is 49.8 Å². The van der Waals surface area contributed by atoms with Gasteiger partial charge in [0.25, 0.3) is 0 Å². The van der Waals surface area contributed by atoms with Gasteiger partial charge in [-0.25, -0.2) is 0 Å². The Balaban J connectivity index is 1.12. The van der Waals surface area contributed by atoms with Crippen LogP contribution in [-0.2, 0) is 16.0 Å². The maximum atomic E-state index is 13.4. The number of rotatable bonds is 11. The summed E-state index contributed by atoms with van der Waals surface area (Å²) in [5.41, 5.74) is 2.53. The van der Waals surface area contributed by atoms with Gasteiger partial charge in [-0.2, -0.15) is 0 Å². The van der Waals surface area contributed by atoms with Crippen molar-refractivity contribution >= 4 is 27.8 Å². The third kappa shape index (κ3) is 7.35. The van der Waals surface area contributed by atoms with E-state index in [1.54, 1.807) is 24.4 Å². The highest BCUT2D eigenvalue weighted by atomic mass is 16.5. The Hall–Kier alpha value is -3.95. The first-order chi connectivity index (χ1) is 21.0. The molecule has 0 unspecified atom stereocenters. The van der Waals surface area contributed by atoms with E-state index in [2.05, 4.69) is 15.2 Å². The zero-order chi connectivity index (χ0) is 29.6. The second-order valence-corrected chi connectivity index (χ2v) is 11.5. The van der Waals surface area contributed by atoms with Crippen LogP contribution < -0.4 is 20.2 Å². The Kier molecular flexibility index (Phi) is 9.19. The second-order valence-electron chi connectivity index (χ2n) is 11.5. The fourth-order valence-corrected chi connectivity index (χ4v) is 5.88. The van der Waals surface area contributed by atoms with Crippen molar-refractivity contribution in [2.75, 3.05) is 39.5 Å². The summed E-state index contributed by atoms with van der Waals surface area (Å²) in [6.45, 7) is 6.84. The highest BCUT2D eigenvalue weighted by molar-refractivity contribution is 5.93. The van der Waals surface area contributed by atoms with Crippen molar-refractivity contribution in [3.05, 3.63) is 70.1 Å². The van der Waals surface area contributed by atoms with E-state index < -0.39 is 0 Å². The van der Waals surface area contributed by atoms with Gasteiger partial charge in [0, 0.05) is 43.9 Å². The number of hydrogen-bond donors (Lipinski definition) is 1. The number of nitrogens with one attached hydrogen (secondary N) is 1. The Morgan fingerprint density at radius 1 is 1.05 bits per heavy atom. The van der Waals surface area contributed by atoms with Crippen LogP contribution in [0.4, 0.5) is 0 Å². The van der Waals surface area contributed by atoms with E-state index in [9.17, 15) is 9.59 Å². The number of carbonyl (C=O) groups excluding carboxylic acids is 1. The maximum Gasteiger partial charge on any atom is 0.220 e. The molecular formula is C34H39N3O6. The zero-order valence-corrected chi connectivity index (χ0v) is 24.7. The van der Waals surface area contributed by atoms with E-state index in [-0.39, 0.29) is 11.3 Å². The predicted octanol–water partition coefficient (Wildman–Crippen LogP) is 5.53. The summed E-state index contributed by atoms with van der Waals surface area (Å²) < 4.78 is 23.9. The smallest absolute Gasteiger partial charge is 0.220 e. The SMILES string of the molecule is Cc1cc(OCCCN2CCOCC2)c2oc3cc(Oc4ccc(CCC(=O)NC5CCCC5)nc4)ccc3c(=O)c2c1. The molecule has 43 heavy (non-hydrogen) atoms. The molecule has 4 aromatic rings. The van der Waals surface area contributed by atoms with E-state index in [1.165, 1.54) is 12.8 Å². The van der Waals surface area contributed by atoms with Crippen molar-refractivity contribution in [3.8, 4) is 17.2 Å². The molecule has 2 fully saturated rings. The topological polar surface area (TPSA) is 103 Å². The van der Waals surface area contributed by atoms with Gasteiger partial charge in [-0.1, -0.05) is 12.8 Å². The average molecular weight is 586 g/mol. The van der Waals surface area contributed by atoms with Crippen LogP contribution in [0.3, 0.4) is 0 Å². The molecule has 2 aromatic heterocycles. The van der Waals surface area contributed by atoms with E-state index in [1.807, 2.05) is 31.2 Å². The summed E-state index contributed by atoms with van der Waals surface area (Å²) in [4.78, 5) is 32.5. The first-order valence-corrected chi connectivity index (χ1v) is 15.4. The number of nitrogens with zero attached hydrogens (tertiary/aromatic N) is 2. The third-order valence-corrected chi connectivity index (χ3v) is 8.20. The van der Waals surface area contributed by atoms with Crippen molar-refractivity contribution in [1.29, 1.82) is 0 Å². The molecule has 0 atom stereocenters. The highest BCUT2D eigenvalue weighted by Gasteiger charge is 2.18. The molecule has 2 aliphatic rings. The summed E-state index contributed by atoms with van der Waals surface area (Å²) in [5, 5.41) is 4.10. The molecule has 0 spiro atoms. The number of amides is 1. The molecule has 1 saturated carbocycles. The minimum absolute atomic E-state index is 0.0795. The largest absolute Gasteiger partial charge is 0.490 e. The molecule has 1 amide bonds. The first-order valence-electron chi connectivity index (χ1n) is 15.4. The molecule has 0 radical (unpaired) electrons. The summed E-state index contributed by atoms with van der Waals surface area (Å²) in [6, 6.07) is 13.0. The van der Waals surface area contributed by atoms with Gasteiger partial charge in [0.1, 0.15) is 17.1 Å². The molecule has 0 bridgehead atoms. The van der Waals surface area contributed by atoms with Crippen molar-refractivity contribution in [1.82, 2.24) is 15.2 Å². The standard InChI is InChI=1S/C34H39N3O6/c1-23-19-29-33(39)28-11-10-26(42-27-9-7-24(35-22-27)8-12-32(38)36-25-5-2-3-6-25)21-30(28)43-34(29)31(20-23)41-16-4-13-37-14-17-40-18-15-37/h7,9-11,19-22,25H,2-6,8,12-18H2,1H3,(H,36,38). The van der Waals surface area contributed by atoms with E-state index >= 15 is 0 Å². The molecule has 1 saturated heterocycles. The van der Waals surface area contributed by atoms with Crippen molar-refractivity contribution in [2.24, 2.45) is 0 Å². The third-order valence-electron chi connectivity index (χ3n) is 8.20. The van der Waals surface area contributed by atoms with Crippen LogP contribution in [-0.4, -0.2) is 61.3 Å². The van der Waals surface area contributed by atoms with Gasteiger partial charge in [-0.05, 0) is 74.6 Å². The molecule has 1 aliphatic carbocycles. The van der Waals surface area contributed by atoms with Crippen LogP contribution in [0.2, 0.25) is 0 Å². The molecule has 1 N–H and O–H groups in total. The van der Waals surface area contributed by atoms with E-state index in [0.29, 0.717) is 64.7 Å². The van der Waals surface area contributed by atoms with Crippen LogP contribution in [0.15, 0.2) is 57.9 Å². The van der Waals surface area contributed by atoms with Gasteiger partial charge in [0.2, 0.25) is 11.3 Å². The zero-order valence-electron chi connectivity index (χ0n) is 24.7. The normalized spacial score (nSPS) is 16.1. The number of ether oxygens (including phenoxy) is 3. The molecule has 2 aromatic carbocycles. The van der Waals surface area contributed by atoms with Gasteiger partial charge in [0.05, 0.1) is 36.8 Å². The molecule has 9 heteroatoms. The number of hydrogen-bond acceptors (Lipinski definition) is 8. The number of fused-ring (bicyclic) bond motifs is 2. The van der Waals surface area contributed by atoms with Crippen molar-refractivity contribution in [3.63, 3.8) is 0 Å². The summed E-state index contributed by atoms with van der Waals surface area (Å²) in [7, 11) is 0. The number of aryl methyl sites for hydroxylation is 2. The van der Waals surface area contributed by atoms with Crippen LogP contribution in [0.25, 0.3) is 21.9 Å². The van der Waals surface area contributed by atoms with Gasteiger partial charge in [0.15, 0.2) is 11.3 Å². The number of aromatic nitrogens is 1. The van der Waals surface area contributed by atoms with Crippen LogP contribution in [0, 0.1) is 6.92 Å². The lowest BCUT2D eigenvalue weighted by Gasteiger charge is -2.26. The quantitative estimate of drug-likeness (QED) is 0.181. The van der Waals surface area contributed by atoms with E-state index in [0.717, 1.165) is 63.4 Å². The van der Waals surface area contributed by atoms with Gasteiger partial charge < -0.3 is 23.9 Å². The fraction of sp³-hybridized carbons (Fsp3) is 0.441. The van der Waals surface area contributed by atoms with Crippen LogP contribution in [0.5, 0.6) is 17.2 Å². The molecule has 226 valence electrons. The monoisotopic (exact) mass is 585 g/mol. The minimum atomic E-state index is -0.104. The summed E-state index contributed by atoms with van der Waals surface area (Å²) in [6.07, 6.45) is 8.05. The Morgan fingerprint density at radius 2 is 1.86 bits per heavy atom. The highest BCUT2D eigenvalue weighted by Crippen LogP contribution is 2.31. The second kappa shape index (κ2) is 13.6. The molecule has 6 rings (SSSR count). The van der Waals surface area contributed by atoms with Crippen LogP contribution >= 0.6 is 0 Å². The minimum Gasteiger partial charge on any atom is -0.490 e. The number of carbonyl (C=O) groups is 1. The molecule has 3 heterocycles. The van der Waals surface area contributed by atoms with Gasteiger partial charge in [-0.15, -0.1) is 0 Å². The fourth-order valence-electron chi connectivity index (χ4n) is 5.88. The van der Waals surface area contributed by atoms with Crippen molar-refractivity contribution < 1.29 is 23.4 Å². The lowest BCUT2D eigenvalue weighted by molar-refractivity contribution is -0.121. The van der Waals surface area contributed by atoms with Crippen molar-refractivity contribution in [2.45, 2.75) is 57.9 Å². The number of benzene rings is 2. The Labute approximate surface area is 251 Å². The first kappa shape index (κ1) is 29.1. The lowest BCUT2D eigenvalue weighted by Crippen LogP contribution is -2.37. The Morgan fingerprint density at radius 3 is 2.65 bits per heavy atom. The molecular weight excluding hydrogens is 546 g/mol.